The molecule has 1 rings (SSSR count). The second-order valence-corrected chi connectivity index (χ2v) is 7.22. The quantitative estimate of drug-likeness (QED) is 0.763. The van der Waals surface area contributed by atoms with Crippen LogP contribution in [0.5, 0.6) is 0 Å². The third-order valence-electron chi connectivity index (χ3n) is 3.19. The summed E-state index contributed by atoms with van der Waals surface area (Å²) < 4.78 is 22.5. The lowest BCUT2D eigenvalue weighted by molar-refractivity contribution is -0.142. The number of rotatable bonds is 5. The van der Waals surface area contributed by atoms with Crippen LogP contribution in [0, 0.1) is 11.8 Å². The molecule has 1 heterocycles. The average molecular weight is 277 g/mol. The van der Waals surface area contributed by atoms with Gasteiger partial charge in [-0.3, -0.25) is 9.59 Å². The number of carbonyl (C=O) groups excluding carboxylic acids is 1. The zero-order chi connectivity index (χ0) is 13.9. The van der Waals surface area contributed by atoms with Gasteiger partial charge in [-0.05, 0) is 12.3 Å². The summed E-state index contributed by atoms with van der Waals surface area (Å²) in [4.78, 5) is 23.8. The van der Waals surface area contributed by atoms with Gasteiger partial charge in [0.2, 0.25) is 5.91 Å². The van der Waals surface area contributed by atoms with E-state index in [1.165, 1.54) is 11.8 Å². The molecule has 1 aliphatic heterocycles. The Morgan fingerprint density at radius 3 is 2.50 bits per heavy atom. The Morgan fingerprint density at radius 2 is 2.06 bits per heavy atom. The number of amides is 1. The van der Waals surface area contributed by atoms with Crippen molar-refractivity contribution in [2.45, 2.75) is 19.8 Å². The molecule has 104 valence electrons. The number of nitrogens with zero attached hydrogens (tertiary/aromatic N) is 1. The number of hydrogen-bond donors (Lipinski definition) is 1. The molecule has 18 heavy (non-hydrogen) atoms. The normalized spacial score (nSPS) is 23.6. The van der Waals surface area contributed by atoms with Gasteiger partial charge < -0.3 is 10.0 Å². The number of hydrogen-bond acceptors (Lipinski definition) is 4. The number of carbonyl (C=O) groups is 2. The number of carboxylic acid groups (broad SMARTS) is 1. The summed E-state index contributed by atoms with van der Waals surface area (Å²) in [7, 11) is -1.42. The van der Waals surface area contributed by atoms with E-state index < -0.39 is 21.7 Å². The van der Waals surface area contributed by atoms with Crippen molar-refractivity contribution in [2.75, 3.05) is 25.1 Å². The molecule has 0 aromatic heterocycles. The Bertz CT molecular complexity index is 431. The smallest absolute Gasteiger partial charge is 0.308 e. The van der Waals surface area contributed by atoms with Gasteiger partial charge in [-0.25, -0.2) is 8.42 Å². The van der Waals surface area contributed by atoms with Gasteiger partial charge in [0, 0.05) is 20.0 Å². The summed E-state index contributed by atoms with van der Waals surface area (Å²) in [5.74, 6) is -1.65. The first-order chi connectivity index (χ1) is 8.21. The highest BCUT2D eigenvalue weighted by atomic mass is 32.2. The number of carboxylic acids is 1. The van der Waals surface area contributed by atoms with Crippen LogP contribution in [0.4, 0.5) is 0 Å². The minimum Gasteiger partial charge on any atom is -0.481 e. The van der Waals surface area contributed by atoms with Crippen molar-refractivity contribution in [3.63, 3.8) is 0 Å². The third-order valence-corrected chi connectivity index (χ3v) is 5.02. The minimum absolute atomic E-state index is 0.0705. The van der Waals surface area contributed by atoms with Gasteiger partial charge in [-0.15, -0.1) is 0 Å². The second-order valence-electron chi connectivity index (χ2n) is 4.99. The van der Waals surface area contributed by atoms with Gasteiger partial charge in [0.25, 0.3) is 0 Å². The van der Waals surface area contributed by atoms with Crippen LogP contribution in [-0.4, -0.2) is 55.4 Å². The van der Waals surface area contributed by atoms with Crippen molar-refractivity contribution in [2.24, 2.45) is 11.8 Å². The Labute approximate surface area is 107 Å². The lowest BCUT2D eigenvalue weighted by Gasteiger charge is -2.20. The molecule has 1 fully saturated rings. The topological polar surface area (TPSA) is 91.8 Å². The van der Waals surface area contributed by atoms with Gasteiger partial charge in [-0.1, -0.05) is 6.92 Å². The second kappa shape index (κ2) is 5.69. The molecule has 1 N–H and O–H groups in total. The Balaban J connectivity index is 2.44. The maximum Gasteiger partial charge on any atom is 0.308 e. The van der Waals surface area contributed by atoms with Crippen molar-refractivity contribution in [3.8, 4) is 0 Å². The van der Waals surface area contributed by atoms with Crippen molar-refractivity contribution in [3.05, 3.63) is 0 Å². The molecule has 0 spiro atoms. The molecule has 0 aromatic carbocycles. The average Bonchev–Trinajstić information content (AvgIpc) is 2.57. The van der Waals surface area contributed by atoms with Crippen LogP contribution in [0.15, 0.2) is 0 Å². The SMILES string of the molecule is CC(CN(C)C(=O)CC1CCS(=O)(=O)C1)C(=O)O. The molecule has 2 atom stereocenters. The van der Waals surface area contributed by atoms with E-state index in [4.69, 9.17) is 5.11 Å². The van der Waals surface area contributed by atoms with E-state index >= 15 is 0 Å². The first kappa shape index (κ1) is 14.9. The van der Waals surface area contributed by atoms with Crippen LogP contribution in [0.25, 0.3) is 0 Å². The van der Waals surface area contributed by atoms with E-state index in [0.717, 1.165) is 0 Å². The fraction of sp³-hybridized carbons (Fsp3) is 0.818. The van der Waals surface area contributed by atoms with Crippen LogP contribution >= 0.6 is 0 Å². The lowest BCUT2D eigenvalue weighted by atomic mass is 10.0. The van der Waals surface area contributed by atoms with Gasteiger partial charge in [0.1, 0.15) is 0 Å². The van der Waals surface area contributed by atoms with Gasteiger partial charge in [-0.2, -0.15) is 0 Å². The Hall–Kier alpha value is -1.11. The zero-order valence-corrected chi connectivity index (χ0v) is 11.4. The molecule has 1 saturated heterocycles. The van der Waals surface area contributed by atoms with Crippen LogP contribution in [-0.2, 0) is 19.4 Å². The van der Waals surface area contributed by atoms with E-state index in [1.807, 2.05) is 0 Å². The predicted octanol–water partition coefficient (Wildman–Crippen LogP) is -0.00970. The highest BCUT2D eigenvalue weighted by molar-refractivity contribution is 7.91. The molecule has 2 unspecified atom stereocenters. The first-order valence-corrected chi connectivity index (χ1v) is 7.70. The maximum absolute atomic E-state index is 11.8. The molecule has 1 amide bonds. The van der Waals surface area contributed by atoms with E-state index in [1.54, 1.807) is 7.05 Å². The van der Waals surface area contributed by atoms with Crippen LogP contribution in [0.2, 0.25) is 0 Å². The summed E-state index contributed by atoms with van der Waals surface area (Å²) in [5.41, 5.74) is 0. The van der Waals surface area contributed by atoms with Gasteiger partial charge in [0.05, 0.1) is 17.4 Å². The van der Waals surface area contributed by atoms with Crippen molar-refractivity contribution < 1.29 is 23.1 Å². The highest BCUT2D eigenvalue weighted by Crippen LogP contribution is 2.22. The van der Waals surface area contributed by atoms with E-state index in [0.29, 0.717) is 6.42 Å². The van der Waals surface area contributed by atoms with Crippen LogP contribution in [0.1, 0.15) is 19.8 Å². The number of sulfone groups is 1. The molecule has 6 nitrogen and oxygen atoms in total. The molecular weight excluding hydrogens is 258 g/mol. The fourth-order valence-corrected chi connectivity index (χ4v) is 3.89. The molecule has 0 radical (unpaired) electrons. The number of aliphatic carboxylic acids is 1. The van der Waals surface area contributed by atoms with E-state index in [9.17, 15) is 18.0 Å². The Kier molecular flexibility index (Phi) is 4.72. The fourth-order valence-electron chi connectivity index (χ4n) is 2.03. The molecule has 0 aliphatic carbocycles. The first-order valence-electron chi connectivity index (χ1n) is 5.88. The van der Waals surface area contributed by atoms with Crippen molar-refractivity contribution in [1.82, 2.24) is 4.90 Å². The Morgan fingerprint density at radius 1 is 1.44 bits per heavy atom. The standard InChI is InChI=1S/C11H19NO5S/c1-8(11(14)15)6-12(2)10(13)5-9-3-4-18(16,17)7-9/h8-9H,3-7H2,1-2H3,(H,14,15). The zero-order valence-electron chi connectivity index (χ0n) is 10.6. The summed E-state index contributed by atoms with van der Waals surface area (Å²) in [5, 5.41) is 8.75. The lowest BCUT2D eigenvalue weighted by Crippen LogP contribution is -2.34. The van der Waals surface area contributed by atoms with Crippen LogP contribution < -0.4 is 0 Å². The molecule has 7 heteroatoms. The maximum atomic E-state index is 11.8. The molecule has 0 bridgehead atoms. The molecule has 0 saturated carbocycles. The summed E-state index contributed by atoms with van der Waals surface area (Å²) in [6.07, 6.45) is 0.707. The monoisotopic (exact) mass is 277 g/mol. The van der Waals surface area contributed by atoms with Gasteiger partial charge >= 0.3 is 5.97 Å². The van der Waals surface area contributed by atoms with Gasteiger partial charge in [0.15, 0.2) is 9.84 Å². The van der Waals surface area contributed by atoms with Crippen molar-refractivity contribution in [1.29, 1.82) is 0 Å². The molecular formula is C11H19NO5S. The highest BCUT2D eigenvalue weighted by Gasteiger charge is 2.30. The van der Waals surface area contributed by atoms with Crippen LogP contribution in [0.3, 0.4) is 0 Å². The predicted molar refractivity (Wildman–Crippen MR) is 65.8 cm³/mol. The summed E-state index contributed by atoms with van der Waals surface area (Å²) >= 11 is 0. The van der Waals surface area contributed by atoms with E-state index in [-0.39, 0.29) is 36.3 Å². The third kappa shape index (κ3) is 4.29. The minimum atomic E-state index is -2.97. The molecule has 1 aliphatic rings. The largest absolute Gasteiger partial charge is 0.481 e. The van der Waals surface area contributed by atoms with Crippen molar-refractivity contribution >= 4 is 21.7 Å². The summed E-state index contributed by atoms with van der Waals surface area (Å²) in [6, 6.07) is 0. The van der Waals surface area contributed by atoms with E-state index in [2.05, 4.69) is 0 Å². The summed E-state index contributed by atoms with van der Waals surface area (Å²) in [6.45, 7) is 1.68. The molecule has 0 aromatic rings.